The third-order valence-electron chi connectivity index (χ3n) is 3.63. The molecule has 0 atom stereocenters. The van der Waals surface area contributed by atoms with E-state index in [9.17, 15) is 13.8 Å². The minimum atomic E-state index is -2.51. The number of hydrogen-bond donors (Lipinski definition) is 2. The Morgan fingerprint density at radius 3 is 2.68 bits per heavy atom. The van der Waals surface area contributed by atoms with Gasteiger partial charge in [0.15, 0.2) is 0 Å². The van der Waals surface area contributed by atoms with Gasteiger partial charge in [0.05, 0.1) is 9.73 Å². The van der Waals surface area contributed by atoms with Crippen molar-refractivity contribution >= 4 is 38.1 Å². The van der Waals surface area contributed by atoms with Crippen LogP contribution in [0.2, 0.25) is 0 Å². The Balaban J connectivity index is 1.77. The molecule has 2 amide bonds. The molecule has 22 heavy (non-hydrogen) atoms. The molecule has 2 aromatic rings. The van der Waals surface area contributed by atoms with Crippen LogP contribution in [0.15, 0.2) is 28.6 Å². The van der Waals surface area contributed by atoms with Crippen molar-refractivity contribution in [2.24, 2.45) is 4.36 Å². The predicted octanol–water partition coefficient (Wildman–Crippen LogP) is 2.20. The largest absolute Gasteiger partial charge is 0.359 e. The van der Waals surface area contributed by atoms with Gasteiger partial charge in [0.25, 0.3) is 0 Å². The van der Waals surface area contributed by atoms with Crippen LogP contribution in [0.3, 0.4) is 0 Å². The number of carbonyl (C=O) groups is 2. The minimum absolute atomic E-state index is 0.403. The first-order valence-electron chi connectivity index (χ1n) is 7.12. The summed E-state index contributed by atoms with van der Waals surface area (Å²) >= 11 is 0. The summed E-state index contributed by atoms with van der Waals surface area (Å²) in [7, 11) is -2.51. The third kappa shape index (κ3) is 3.04. The zero-order valence-electron chi connectivity index (χ0n) is 12.2. The van der Waals surface area contributed by atoms with Gasteiger partial charge < -0.3 is 10.3 Å². The molecule has 0 saturated carbocycles. The van der Waals surface area contributed by atoms with Gasteiger partial charge in [-0.25, -0.2) is 4.21 Å². The molecule has 0 radical (unpaired) electrons. The smallest absolute Gasteiger partial charge is 0.343 e. The molecule has 0 aliphatic carbocycles. The van der Waals surface area contributed by atoms with E-state index in [4.69, 9.17) is 0 Å². The average molecular weight is 319 g/mol. The van der Waals surface area contributed by atoms with Crippen molar-refractivity contribution in [3.8, 4) is 0 Å². The van der Waals surface area contributed by atoms with Gasteiger partial charge in [0.2, 0.25) is 0 Å². The fraction of sp³-hybridized carbons (Fsp3) is 0.333. The quantitative estimate of drug-likeness (QED) is 0.789. The number of aryl methyl sites for hydroxylation is 1. The van der Waals surface area contributed by atoms with Gasteiger partial charge in [-0.2, -0.15) is 4.36 Å². The van der Waals surface area contributed by atoms with E-state index in [2.05, 4.69) is 14.7 Å². The highest BCUT2D eigenvalue weighted by Gasteiger charge is 2.21. The molecule has 2 heterocycles. The second-order valence-corrected chi connectivity index (χ2v) is 8.04. The van der Waals surface area contributed by atoms with Crippen LogP contribution < -0.4 is 5.32 Å². The Hall–Kier alpha value is -2.15. The number of fused-ring (bicyclic) bond motifs is 1. The highest BCUT2D eigenvalue weighted by Crippen LogP contribution is 2.20. The lowest BCUT2D eigenvalue weighted by molar-refractivity contribution is -0.133. The number of aromatic amines is 1. The van der Waals surface area contributed by atoms with Crippen molar-refractivity contribution < 1.29 is 13.8 Å². The maximum absolute atomic E-state index is 12.2. The van der Waals surface area contributed by atoms with Crippen LogP contribution in [0, 0.1) is 6.92 Å². The number of anilines is 1. The van der Waals surface area contributed by atoms with Crippen molar-refractivity contribution in [2.75, 3.05) is 16.8 Å². The summed E-state index contributed by atoms with van der Waals surface area (Å²) in [6, 6.07) is 7.27. The van der Waals surface area contributed by atoms with Crippen LogP contribution in [0.4, 0.5) is 5.69 Å². The highest BCUT2D eigenvalue weighted by molar-refractivity contribution is 7.94. The number of aromatic nitrogens is 1. The fourth-order valence-electron chi connectivity index (χ4n) is 2.58. The maximum atomic E-state index is 12.2. The molecule has 1 saturated heterocycles. The Labute approximate surface area is 128 Å². The average Bonchev–Trinajstić information content (AvgIpc) is 3.03. The Bertz CT molecular complexity index is 863. The van der Waals surface area contributed by atoms with Crippen molar-refractivity contribution in [3.05, 3.63) is 30.0 Å². The first-order valence-corrected chi connectivity index (χ1v) is 8.98. The van der Waals surface area contributed by atoms with Gasteiger partial charge in [0.1, 0.15) is 0 Å². The van der Waals surface area contributed by atoms with E-state index in [1.807, 2.05) is 19.1 Å². The van der Waals surface area contributed by atoms with Gasteiger partial charge in [0, 0.05) is 33.8 Å². The zero-order chi connectivity index (χ0) is 15.7. The van der Waals surface area contributed by atoms with Crippen LogP contribution in [-0.2, 0) is 19.3 Å². The van der Waals surface area contributed by atoms with Crippen molar-refractivity contribution in [1.82, 2.24) is 4.98 Å². The summed E-state index contributed by atoms with van der Waals surface area (Å²) in [5.74, 6) is -1.00. The van der Waals surface area contributed by atoms with Crippen molar-refractivity contribution in [2.45, 2.75) is 19.8 Å². The van der Waals surface area contributed by atoms with Gasteiger partial charge in [-0.3, -0.25) is 9.59 Å². The van der Waals surface area contributed by atoms with E-state index in [1.165, 1.54) is 0 Å². The van der Waals surface area contributed by atoms with E-state index in [0.717, 1.165) is 29.4 Å². The van der Waals surface area contributed by atoms with E-state index in [1.54, 1.807) is 12.1 Å². The number of benzene rings is 1. The number of carbonyl (C=O) groups excluding carboxylic acids is 2. The highest BCUT2D eigenvalue weighted by atomic mass is 32.2. The molecule has 3 rings (SSSR count). The molecule has 1 aromatic carbocycles. The molecule has 116 valence electrons. The molecular formula is C15H17N3O3S. The Morgan fingerprint density at radius 2 is 1.95 bits per heavy atom. The predicted molar refractivity (Wildman–Crippen MR) is 86.2 cm³/mol. The molecule has 1 fully saturated rings. The molecule has 2 N–H and O–H groups in total. The molecule has 0 unspecified atom stereocenters. The van der Waals surface area contributed by atoms with Gasteiger partial charge in [-0.05, 0) is 44.0 Å². The number of rotatable bonds is 1. The van der Waals surface area contributed by atoms with Gasteiger partial charge >= 0.3 is 11.8 Å². The SMILES string of the molecule is Cc1cc2cc(NC(=O)C(=O)N=S3(=O)CCCC3)ccc2[nH]1. The summed E-state index contributed by atoms with van der Waals surface area (Å²) in [5, 5.41) is 3.46. The summed E-state index contributed by atoms with van der Waals surface area (Å²) in [4.78, 5) is 26.9. The summed E-state index contributed by atoms with van der Waals surface area (Å²) < 4.78 is 15.8. The first-order chi connectivity index (χ1) is 10.5. The topological polar surface area (TPSA) is 91.4 Å². The summed E-state index contributed by atoms with van der Waals surface area (Å²) in [6.07, 6.45) is 1.58. The van der Waals surface area contributed by atoms with Crippen molar-refractivity contribution in [3.63, 3.8) is 0 Å². The van der Waals surface area contributed by atoms with Crippen LogP contribution in [0.25, 0.3) is 10.9 Å². The molecule has 6 nitrogen and oxygen atoms in total. The lowest BCUT2D eigenvalue weighted by Crippen LogP contribution is -2.22. The Morgan fingerprint density at radius 1 is 1.23 bits per heavy atom. The normalized spacial score (nSPS) is 16.6. The molecule has 0 spiro atoms. The van der Waals surface area contributed by atoms with Gasteiger partial charge in [-0.15, -0.1) is 0 Å². The lowest BCUT2D eigenvalue weighted by atomic mass is 10.2. The molecule has 1 aromatic heterocycles. The van der Waals surface area contributed by atoms with Crippen molar-refractivity contribution in [1.29, 1.82) is 0 Å². The number of nitrogens with zero attached hydrogens (tertiary/aromatic N) is 1. The molecule has 1 aliphatic heterocycles. The van der Waals surface area contributed by atoms with E-state index < -0.39 is 21.5 Å². The van der Waals surface area contributed by atoms with Gasteiger partial charge in [-0.1, -0.05) is 0 Å². The van der Waals surface area contributed by atoms with Crippen LogP contribution in [0.1, 0.15) is 18.5 Å². The molecule has 1 aliphatic rings. The minimum Gasteiger partial charge on any atom is -0.359 e. The first kappa shape index (κ1) is 14.8. The maximum Gasteiger partial charge on any atom is 0.343 e. The molecule has 0 bridgehead atoms. The number of H-pyrrole nitrogens is 1. The summed E-state index contributed by atoms with van der Waals surface area (Å²) in [6.45, 7) is 1.94. The third-order valence-corrected chi connectivity index (χ3v) is 5.99. The zero-order valence-corrected chi connectivity index (χ0v) is 13.0. The summed E-state index contributed by atoms with van der Waals surface area (Å²) in [5.41, 5.74) is 2.49. The monoisotopic (exact) mass is 319 g/mol. The molecule has 7 heteroatoms. The van der Waals surface area contributed by atoms with E-state index in [0.29, 0.717) is 17.2 Å². The number of nitrogens with one attached hydrogen (secondary N) is 2. The van der Waals surface area contributed by atoms with E-state index >= 15 is 0 Å². The second kappa shape index (κ2) is 5.57. The molecular weight excluding hydrogens is 302 g/mol. The van der Waals surface area contributed by atoms with Crippen LogP contribution in [0.5, 0.6) is 0 Å². The second-order valence-electron chi connectivity index (χ2n) is 5.49. The Kier molecular flexibility index (Phi) is 3.74. The standard InChI is InChI=1S/C15H17N3O3S/c1-10-8-11-9-12(4-5-13(11)16-10)17-14(19)15(20)18-22(21)6-2-3-7-22/h4-5,8-9,16H,2-3,6-7H2,1H3,(H,17,19). The fourth-order valence-corrected chi connectivity index (χ4v) is 4.66. The van der Waals surface area contributed by atoms with Crippen LogP contribution in [-0.4, -0.2) is 32.5 Å². The lowest BCUT2D eigenvalue weighted by Gasteiger charge is -2.03. The van der Waals surface area contributed by atoms with E-state index in [-0.39, 0.29) is 0 Å². The van der Waals surface area contributed by atoms with Crippen LogP contribution >= 0.6 is 0 Å². The number of amides is 2. The number of hydrogen-bond acceptors (Lipinski definition) is 3.